The van der Waals surface area contributed by atoms with Crippen molar-refractivity contribution in [1.82, 2.24) is 0 Å². The lowest BCUT2D eigenvalue weighted by molar-refractivity contribution is -0.274. The average Bonchev–Trinajstić information content (AvgIpc) is 2.30. The van der Waals surface area contributed by atoms with Gasteiger partial charge < -0.3 is 4.74 Å². The van der Waals surface area contributed by atoms with Gasteiger partial charge in [-0.25, -0.2) is 0 Å². The second kappa shape index (κ2) is 6.93. The Bertz CT molecular complexity index is 487. The minimum Gasteiger partial charge on any atom is -0.405 e. The van der Waals surface area contributed by atoms with E-state index in [2.05, 4.69) is 36.6 Å². The highest BCUT2D eigenvalue weighted by atomic mass is 79.9. The van der Waals surface area contributed by atoms with Crippen LogP contribution in [0.5, 0.6) is 5.75 Å². The molecule has 0 heterocycles. The third-order valence-corrected chi connectivity index (χ3v) is 3.91. The smallest absolute Gasteiger partial charge is 0.405 e. The van der Waals surface area contributed by atoms with Gasteiger partial charge in [0.05, 0.1) is 9.30 Å². The van der Waals surface area contributed by atoms with Gasteiger partial charge in [0.25, 0.3) is 0 Å². The van der Waals surface area contributed by atoms with Gasteiger partial charge in [0.2, 0.25) is 0 Å². The monoisotopic (exact) mass is 416 g/mol. The fraction of sp³-hybridized carbons (Fsp3) is 0.462. The SMILES string of the molecule is CC(C)C(=O)C(Br)Cc1ccc(OC(F)(F)F)c(Br)c1. The van der Waals surface area contributed by atoms with E-state index in [9.17, 15) is 18.0 Å². The molecule has 0 aliphatic carbocycles. The number of halogens is 5. The van der Waals surface area contributed by atoms with Crippen LogP contribution in [0.3, 0.4) is 0 Å². The maximum absolute atomic E-state index is 12.1. The molecule has 2 nitrogen and oxygen atoms in total. The minimum absolute atomic E-state index is 0.0525. The number of alkyl halides is 4. The number of ether oxygens (including phenoxy) is 1. The zero-order chi connectivity index (χ0) is 15.5. The van der Waals surface area contributed by atoms with Gasteiger partial charge >= 0.3 is 6.36 Å². The highest BCUT2D eigenvalue weighted by Gasteiger charge is 2.32. The average molecular weight is 418 g/mol. The van der Waals surface area contributed by atoms with Gasteiger partial charge in [-0.2, -0.15) is 0 Å². The number of carbonyl (C=O) groups is 1. The van der Waals surface area contributed by atoms with Crippen LogP contribution < -0.4 is 4.74 Å². The molecule has 0 amide bonds. The summed E-state index contributed by atoms with van der Waals surface area (Å²) in [5, 5.41) is 0. The normalized spacial score (nSPS) is 13.4. The molecule has 0 saturated heterocycles. The summed E-state index contributed by atoms with van der Waals surface area (Å²) < 4.78 is 40.4. The molecular formula is C13H13Br2F3O2. The number of carbonyl (C=O) groups excluding carboxylic acids is 1. The molecule has 0 aromatic heterocycles. The van der Waals surface area contributed by atoms with Crippen molar-refractivity contribution in [3.8, 4) is 5.75 Å². The first-order chi connectivity index (χ1) is 9.10. The third-order valence-electron chi connectivity index (χ3n) is 2.51. The van der Waals surface area contributed by atoms with E-state index in [0.717, 1.165) is 5.56 Å². The van der Waals surface area contributed by atoms with Gasteiger partial charge in [0.15, 0.2) is 0 Å². The Morgan fingerprint density at radius 3 is 2.40 bits per heavy atom. The van der Waals surface area contributed by atoms with Crippen LogP contribution in [-0.4, -0.2) is 17.0 Å². The minimum atomic E-state index is -4.73. The predicted octanol–water partition coefficient (Wildman–Crippen LogP) is 4.88. The third kappa shape index (κ3) is 5.44. The fourth-order valence-electron chi connectivity index (χ4n) is 1.55. The Hall–Kier alpha value is -0.560. The van der Waals surface area contributed by atoms with Crippen molar-refractivity contribution >= 4 is 37.6 Å². The number of rotatable bonds is 5. The molecule has 0 aliphatic heterocycles. The Labute approximate surface area is 131 Å². The molecular weight excluding hydrogens is 405 g/mol. The van der Waals surface area contributed by atoms with Crippen LogP contribution in [0.1, 0.15) is 19.4 Å². The molecule has 0 N–H and O–H groups in total. The highest BCUT2D eigenvalue weighted by Crippen LogP contribution is 2.31. The van der Waals surface area contributed by atoms with E-state index in [-0.39, 0.29) is 26.8 Å². The molecule has 1 unspecified atom stereocenters. The lowest BCUT2D eigenvalue weighted by Gasteiger charge is -2.14. The second-order valence-electron chi connectivity index (χ2n) is 4.54. The van der Waals surface area contributed by atoms with E-state index in [4.69, 9.17) is 0 Å². The van der Waals surface area contributed by atoms with Crippen molar-refractivity contribution in [3.05, 3.63) is 28.2 Å². The summed E-state index contributed by atoms with van der Waals surface area (Å²) in [7, 11) is 0. The Balaban J connectivity index is 2.80. The van der Waals surface area contributed by atoms with Gasteiger partial charge in [-0.1, -0.05) is 35.8 Å². The Morgan fingerprint density at radius 1 is 1.35 bits per heavy atom. The van der Waals surface area contributed by atoms with Crippen molar-refractivity contribution in [2.45, 2.75) is 31.5 Å². The van der Waals surface area contributed by atoms with E-state index >= 15 is 0 Å². The molecule has 0 aliphatic rings. The summed E-state index contributed by atoms with van der Waals surface area (Å²) in [6, 6.07) is 4.25. The van der Waals surface area contributed by atoms with Gasteiger partial charge in [0.1, 0.15) is 11.5 Å². The molecule has 0 radical (unpaired) electrons. The first-order valence-electron chi connectivity index (χ1n) is 5.82. The van der Waals surface area contributed by atoms with E-state index in [1.165, 1.54) is 18.2 Å². The summed E-state index contributed by atoms with van der Waals surface area (Å²) >= 11 is 6.33. The lowest BCUT2D eigenvalue weighted by atomic mass is 10.0. The van der Waals surface area contributed by atoms with Crippen LogP contribution >= 0.6 is 31.9 Å². The molecule has 0 bridgehead atoms. The quantitative estimate of drug-likeness (QED) is 0.638. The first-order valence-corrected chi connectivity index (χ1v) is 7.53. The van der Waals surface area contributed by atoms with Crippen LogP contribution in [0.4, 0.5) is 13.2 Å². The summed E-state index contributed by atoms with van der Waals surface area (Å²) in [5.41, 5.74) is 0.738. The maximum Gasteiger partial charge on any atom is 0.573 e. The fourth-order valence-corrected chi connectivity index (χ4v) is 2.96. The molecule has 0 saturated carbocycles. The molecule has 0 spiro atoms. The van der Waals surface area contributed by atoms with Gasteiger partial charge in [0, 0.05) is 5.92 Å². The predicted molar refractivity (Wildman–Crippen MR) is 77.1 cm³/mol. The van der Waals surface area contributed by atoms with E-state index < -0.39 is 6.36 Å². The van der Waals surface area contributed by atoms with E-state index in [0.29, 0.717) is 6.42 Å². The van der Waals surface area contributed by atoms with Crippen LogP contribution in [0.25, 0.3) is 0 Å². The highest BCUT2D eigenvalue weighted by molar-refractivity contribution is 9.10. The van der Waals surface area contributed by atoms with Crippen LogP contribution in [0.2, 0.25) is 0 Å². The number of hydrogen-bond acceptors (Lipinski definition) is 2. The molecule has 112 valence electrons. The van der Waals surface area contributed by atoms with Crippen molar-refractivity contribution in [1.29, 1.82) is 0 Å². The Kier molecular flexibility index (Phi) is 6.06. The molecule has 1 aromatic rings. The summed E-state index contributed by atoms with van der Waals surface area (Å²) in [6.07, 6.45) is -4.32. The van der Waals surface area contributed by atoms with Crippen LogP contribution in [0, 0.1) is 5.92 Å². The second-order valence-corrected chi connectivity index (χ2v) is 6.50. The first kappa shape index (κ1) is 17.5. The van der Waals surface area contributed by atoms with Crippen molar-refractivity contribution in [2.24, 2.45) is 5.92 Å². The van der Waals surface area contributed by atoms with E-state index in [1.807, 2.05) is 0 Å². The maximum atomic E-state index is 12.1. The van der Waals surface area contributed by atoms with Crippen LogP contribution in [0.15, 0.2) is 22.7 Å². The molecule has 0 fully saturated rings. The number of Topliss-reactive ketones (excluding diaryl/α,β-unsaturated/α-hetero) is 1. The zero-order valence-electron chi connectivity index (χ0n) is 10.8. The topological polar surface area (TPSA) is 26.3 Å². The van der Waals surface area contributed by atoms with Gasteiger partial charge in [-0.15, -0.1) is 13.2 Å². The standard InChI is InChI=1S/C13H13Br2F3O2/c1-7(2)12(19)10(15)6-8-3-4-11(9(14)5-8)20-13(16,17)18/h3-5,7,10H,6H2,1-2H3. The molecule has 1 atom stereocenters. The van der Waals surface area contributed by atoms with Crippen molar-refractivity contribution in [2.75, 3.05) is 0 Å². The number of ketones is 1. The molecule has 7 heteroatoms. The van der Waals surface area contributed by atoms with E-state index in [1.54, 1.807) is 13.8 Å². The largest absolute Gasteiger partial charge is 0.573 e. The molecule has 20 heavy (non-hydrogen) atoms. The van der Waals surface area contributed by atoms with Gasteiger partial charge in [-0.05, 0) is 40.0 Å². The Morgan fingerprint density at radius 2 is 1.95 bits per heavy atom. The summed E-state index contributed by atoms with van der Waals surface area (Å²) in [6.45, 7) is 3.60. The van der Waals surface area contributed by atoms with Crippen LogP contribution in [-0.2, 0) is 11.2 Å². The number of benzene rings is 1. The summed E-state index contributed by atoms with van der Waals surface area (Å²) in [4.78, 5) is 11.4. The zero-order valence-corrected chi connectivity index (χ0v) is 14.0. The molecule has 1 rings (SSSR count). The number of hydrogen-bond donors (Lipinski definition) is 0. The van der Waals surface area contributed by atoms with Crippen molar-refractivity contribution < 1.29 is 22.7 Å². The molecule has 1 aromatic carbocycles. The summed E-state index contributed by atoms with van der Waals surface area (Å²) in [5.74, 6) is -0.352. The lowest BCUT2D eigenvalue weighted by Crippen LogP contribution is -2.22. The van der Waals surface area contributed by atoms with Crippen molar-refractivity contribution in [3.63, 3.8) is 0 Å². The van der Waals surface area contributed by atoms with Gasteiger partial charge in [-0.3, -0.25) is 4.79 Å².